The van der Waals surface area contributed by atoms with Gasteiger partial charge in [-0.25, -0.2) is 9.78 Å². The van der Waals surface area contributed by atoms with E-state index in [4.69, 9.17) is 10.5 Å². The zero-order chi connectivity index (χ0) is 27.5. The van der Waals surface area contributed by atoms with E-state index in [1.165, 1.54) is 28.1 Å². The van der Waals surface area contributed by atoms with E-state index in [0.717, 1.165) is 22.5 Å². The van der Waals surface area contributed by atoms with Crippen LogP contribution < -0.4 is 11.1 Å². The monoisotopic (exact) mass is 561 g/mol. The van der Waals surface area contributed by atoms with Crippen LogP contribution in [0.25, 0.3) is 0 Å². The van der Waals surface area contributed by atoms with Crippen molar-refractivity contribution in [3.05, 3.63) is 107 Å². The number of nitrogens with one attached hydrogen (secondary N) is 1. The average Bonchev–Trinajstić information content (AvgIpc) is 3.40. The molecule has 198 valence electrons. The molecule has 1 unspecified atom stereocenters. The molecule has 1 aromatic heterocycles. The number of esters is 1. The Hall–Kier alpha value is -4.42. The van der Waals surface area contributed by atoms with Crippen LogP contribution in [0.4, 0.5) is 5.13 Å². The number of amides is 2. The summed E-state index contributed by atoms with van der Waals surface area (Å²) in [6.07, 6.45) is 0.828. The number of hydrogen-bond donors (Lipinski definition) is 3. The Kier molecular flexibility index (Phi) is 7.48. The van der Waals surface area contributed by atoms with Crippen LogP contribution in [0.15, 0.2) is 95.1 Å². The zero-order valence-electron chi connectivity index (χ0n) is 20.4. The Balaban J connectivity index is 1.37. The summed E-state index contributed by atoms with van der Waals surface area (Å²) >= 11 is 2.45. The minimum Gasteiger partial charge on any atom is -0.448 e. The number of rotatable bonds is 8. The minimum absolute atomic E-state index is 0.0865. The van der Waals surface area contributed by atoms with Gasteiger partial charge in [0.15, 0.2) is 16.9 Å². The van der Waals surface area contributed by atoms with Crippen LogP contribution in [0.5, 0.6) is 0 Å². The van der Waals surface area contributed by atoms with Crippen molar-refractivity contribution >= 4 is 51.7 Å². The van der Waals surface area contributed by atoms with E-state index < -0.39 is 35.3 Å². The predicted octanol–water partition coefficient (Wildman–Crippen LogP) is 3.08. The summed E-state index contributed by atoms with van der Waals surface area (Å²) < 4.78 is 6.02. The van der Waals surface area contributed by atoms with Crippen LogP contribution in [0.2, 0.25) is 0 Å². The lowest BCUT2D eigenvalue weighted by atomic mass is 10.0. The Morgan fingerprint density at radius 2 is 1.82 bits per heavy atom. The molecule has 2 aliphatic rings. The lowest BCUT2D eigenvalue weighted by molar-refractivity contribution is -0.154. The Morgan fingerprint density at radius 3 is 2.36 bits per heavy atom. The molecule has 0 bridgehead atoms. The summed E-state index contributed by atoms with van der Waals surface area (Å²) in [6.45, 7) is 3.81. The van der Waals surface area contributed by atoms with Crippen molar-refractivity contribution in [3.8, 4) is 0 Å². The second-order valence-electron chi connectivity index (χ2n) is 8.57. The summed E-state index contributed by atoms with van der Waals surface area (Å²) in [7, 11) is 0. The van der Waals surface area contributed by atoms with Gasteiger partial charge in [0.25, 0.3) is 11.8 Å². The molecule has 4 N–H and O–H groups in total. The normalized spacial score (nSPS) is 18.8. The molecule has 2 amide bonds. The number of aromatic nitrogens is 1. The number of anilines is 1. The van der Waals surface area contributed by atoms with Gasteiger partial charge in [0.05, 0.1) is 0 Å². The first-order valence-electron chi connectivity index (χ1n) is 11.8. The van der Waals surface area contributed by atoms with Crippen molar-refractivity contribution < 1.29 is 24.3 Å². The van der Waals surface area contributed by atoms with Crippen molar-refractivity contribution in [2.75, 3.05) is 11.5 Å². The SMILES string of the molecule is C=CC1=C(C(=O)OC(c2ccccc2)c2ccccc2)N2C(=O)C(NC(=O)/C(=N\O)c3csc(N)n3)[C@H]2SC1. The molecule has 39 heavy (non-hydrogen) atoms. The molecule has 0 aliphatic carbocycles. The molecule has 2 aromatic carbocycles. The number of nitrogen functional groups attached to an aromatic ring is 1. The molecule has 10 nitrogen and oxygen atoms in total. The van der Waals surface area contributed by atoms with E-state index in [1.807, 2.05) is 60.7 Å². The molecule has 2 atom stereocenters. The van der Waals surface area contributed by atoms with Crippen LogP contribution in [-0.2, 0) is 19.1 Å². The maximum absolute atomic E-state index is 13.6. The van der Waals surface area contributed by atoms with Gasteiger partial charge in [0, 0.05) is 11.1 Å². The average molecular weight is 562 g/mol. The number of nitrogens with zero attached hydrogens (tertiary/aromatic N) is 3. The Bertz CT molecular complexity index is 1450. The third-order valence-electron chi connectivity index (χ3n) is 6.23. The summed E-state index contributed by atoms with van der Waals surface area (Å²) in [6, 6.07) is 17.7. The number of fused-ring (bicyclic) bond motifs is 1. The number of β-lactam (4-membered cyclic amide) rings is 1. The highest BCUT2D eigenvalue weighted by molar-refractivity contribution is 8.00. The van der Waals surface area contributed by atoms with Crippen molar-refractivity contribution in [3.63, 3.8) is 0 Å². The van der Waals surface area contributed by atoms with Crippen molar-refractivity contribution in [1.29, 1.82) is 0 Å². The third kappa shape index (κ3) is 5.03. The highest BCUT2D eigenvalue weighted by atomic mass is 32.2. The van der Waals surface area contributed by atoms with Gasteiger partial charge in [-0.2, -0.15) is 0 Å². The first kappa shape index (κ1) is 26.2. The fourth-order valence-corrected chi connectivity index (χ4v) is 6.24. The van der Waals surface area contributed by atoms with Gasteiger partial charge < -0.3 is 21.0 Å². The van der Waals surface area contributed by atoms with Gasteiger partial charge in [-0.3, -0.25) is 14.5 Å². The number of benzene rings is 2. The number of nitrogens with two attached hydrogens (primary N) is 1. The number of allylic oxidation sites excluding steroid dienone is 1. The first-order valence-corrected chi connectivity index (χ1v) is 13.7. The largest absolute Gasteiger partial charge is 0.448 e. The van der Waals surface area contributed by atoms with Gasteiger partial charge in [0.1, 0.15) is 22.8 Å². The molecule has 3 heterocycles. The molecular weight excluding hydrogens is 538 g/mol. The molecular formula is C27H23N5O5S2. The molecule has 1 fully saturated rings. The van der Waals surface area contributed by atoms with E-state index in [0.29, 0.717) is 11.3 Å². The zero-order valence-corrected chi connectivity index (χ0v) is 22.0. The van der Waals surface area contributed by atoms with Crippen LogP contribution in [0, 0.1) is 0 Å². The molecule has 0 saturated carbocycles. The van der Waals surface area contributed by atoms with Crippen molar-refractivity contribution in [1.82, 2.24) is 15.2 Å². The summed E-state index contributed by atoms with van der Waals surface area (Å²) in [5.74, 6) is -1.60. The van der Waals surface area contributed by atoms with Crippen LogP contribution >= 0.6 is 23.1 Å². The van der Waals surface area contributed by atoms with Crippen LogP contribution in [-0.4, -0.2) is 55.8 Å². The van der Waals surface area contributed by atoms with Crippen LogP contribution in [0.1, 0.15) is 22.9 Å². The van der Waals surface area contributed by atoms with Crippen molar-refractivity contribution in [2.24, 2.45) is 5.16 Å². The lowest BCUT2D eigenvalue weighted by Crippen LogP contribution is -2.71. The topological polar surface area (TPSA) is 147 Å². The maximum atomic E-state index is 13.6. The number of carbonyl (C=O) groups is 3. The van der Waals surface area contributed by atoms with Gasteiger partial charge >= 0.3 is 5.97 Å². The quantitative estimate of drug-likeness (QED) is 0.125. The van der Waals surface area contributed by atoms with Crippen LogP contribution in [0.3, 0.4) is 0 Å². The summed E-state index contributed by atoms with van der Waals surface area (Å²) in [4.78, 5) is 45.0. The predicted molar refractivity (Wildman–Crippen MR) is 148 cm³/mol. The van der Waals surface area contributed by atoms with Gasteiger partial charge in [0.2, 0.25) is 0 Å². The second-order valence-corrected chi connectivity index (χ2v) is 10.6. The number of oxime groups is 1. The molecule has 1 saturated heterocycles. The summed E-state index contributed by atoms with van der Waals surface area (Å²) in [5.41, 5.74) is 7.52. The molecule has 3 aromatic rings. The smallest absolute Gasteiger partial charge is 0.356 e. The molecule has 12 heteroatoms. The fraction of sp³-hybridized carbons (Fsp3) is 0.148. The number of thioether (sulfide) groups is 1. The maximum Gasteiger partial charge on any atom is 0.356 e. The Labute approximate surface area is 231 Å². The van der Waals surface area contributed by atoms with E-state index >= 15 is 0 Å². The van der Waals surface area contributed by atoms with Gasteiger partial charge in [-0.15, -0.1) is 23.1 Å². The van der Waals surface area contributed by atoms with Gasteiger partial charge in [-0.1, -0.05) is 78.5 Å². The minimum atomic E-state index is -0.955. The number of thiazole rings is 1. The number of ether oxygens (including phenoxy) is 1. The van der Waals surface area contributed by atoms with E-state index in [-0.39, 0.29) is 22.2 Å². The van der Waals surface area contributed by atoms with E-state index in [1.54, 1.807) is 0 Å². The fourth-order valence-electron chi connectivity index (χ4n) is 4.35. The summed E-state index contributed by atoms with van der Waals surface area (Å²) in [5, 5.41) is 16.1. The van der Waals surface area contributed by atoms with Gasteiger partial charge in [-0.05, 0) is 16.7 Å². The Morgan fingerprint density at radius 1 is 1.18 bits per heavy atom. The van der Waals surface area contributed by atoms with E-state index in [9.17, 15) is 19.6 Å². The van der Waals surface area contributed by atoms with Crippen molar-refractivity contribution in [2.45, 2.75) is 17.5 Å². The standard InChI is InChI=1S/C27H23N5O5S2/c1-2-15-13-38-25-20(30-23(33)19(31-36)18-14-39-27(28)29-18)24(34)32(25)21(15)26(35)37-22(16-9-5-3-6-10-16)17-11-7-4-8-12-17/h2-12,14,20,22,25,36H,1,13H2,(H2,28,29)(H,30,33)/b31-19-/t20?,25-/m1/s1. The molecule has 0 spiro atoms. The molecule has 0 radical (unpaired) electrons. The number of carbonyl (C=O) groups excluding carboxylic acids is 3. The highest BCUT2D eigenvalue weighted by Crippen LogP contribution is 2.42. The number of hydrogen-bond acceptors (Lipinski definition) is 10. The first-order chi connectivity index (χ1) is 18.9. The second kappa shape index (κ2) is 11.1. The highest BCUT2D eigenvalue weighted by Gasteiger charge is 2.54. The van der Waals surface area contributed by atoms with E-state index in [2.05, 4.69) is 22.0 Å². The molecule has 5 rings (SSSR count). The molecule has 2 aliphatic heterocycles. The third-order valence-corrected chi connectivity index (χ3v) is 8.21. The lowest BCUT2D eigenvalue weighted by Gasteiger charge is -2.49.